The highest BCUT2D eigenvalue weighted by molar-refractivity contribution is 6.30. The number of amides is 1. The lowest BCUT2D eigenvalue weighted by Gasteiger charge is -2.22. The fourth-order valence-electron chi connectivity index (χ4n) is 2.57. The van der Waals surface area contributed by atoms with E-state index in [-0.39, 0.29) is 5.91 Å². The van der Waals surface area contributed by atoms with Crippen LogP contribution >= 0.6 is 11.6 Å². The van der Waals surface area contributed by atoms with Crippen LogP contribution in [0.25, 0.3) is 0 Å². The molecule has 1 amide bonds. The molecule has 0 radical (unpaired) electrons. The van der Waals surface area contributed by atoms with Gasteiger partial charge in [0, 0.05) is 23.7 Å². The van der Waals surface area contributed by atoms with Crippen molar-refractivity contribution in [1.82, 2.24) is 4.90 Å². The maximum absolute atomic E-state index is 12.9. The lowest BCUT2D eigenvalue weighted by Crippen LogP contribution is -2.30. The van der Waals surface area contributed by atoms with Crippen molar-refractivity contribution in [2.24, 2.45) is 0 Å². The molecular formula is C19H22ClNO4. The highest BCUT2D eigenvalue weighted by Gasteiger charge is 2.20. The monoisotopic (exact) mass is 363 g/mol. The van der Waals surface area contributed by atoms with Crippen LogP contribution in [0.4, 0.5) is 0 Å². The van der Waals surface area contributed by atoms with Crippen molar-refractivity contribution >= 4 is 17.5 Å². The van der Waals surface area contributed by atoms with Crippen LogP contribution in [0.5, 0.6) is 17.2 Å². The summed E-state index contributed by atoms with van der Waals surface area (Å²) in [7, 11) is 4.57. The van der Waals surface area contributed by atoms with Gasteiger partial charge < -0.3 is 19.1 Å². The summed E-state index contributed by atoms with van der Waals surface area (Å²) in [5, 5.41) is 0.647. The van der Waals surface area contributed by atoms with E-state index < -0.39 is 0 Å². The van der Waals surface area contributed by atoms with Gasteiger partial charge in [-0.15, -0.1) is 0 Å². The van der Waals surface area contributed by atoms with E-state index >= 15 is 0 Å². The van der Waals surface area contributed by atoms with Crippen LogP contribution in [0.15, 0.2) is 36.4 Å². The number of nitrogens with zero attached hydrogens (tertiary/aromatic N) is 1. The van der Waals surface area contributed by atoms with E-state index in [0.717, 1.165) is 5.56 Å². The van der Waals surface area contributed by atoms with E-state index in [1.165, 1.54) is 21.3 Å². The number of rotatable bonds is 7. The topological polar surface area (TPSA) is 48.0 Å². The zero-order chi connectivity index (χ0) is 18.4. The Bertz CT molecular complexity index is 723. The van der Waals surface area contributed by atoms with Crippen LogP contribution in [0.2, 0.25) is 5.02 Å². The Balaban J connectivity index is 2.33. The smallest absolute Gasteiger partial charge is 0.254 e. The molecule has 0 spiro atoms. The first-order chi connectivity index (χ1) is 12.0. The minimum absolute atomic E-state index is 0.123. The van der Waals surface area contributed by atoms with Crippen molar-refractivity contribution in [3.05, 3.63) is 52.5 Å². The lowest BCUT2D eigenvalue weighted by atomic mass is 10.1. The second-order valence-corrected chi connectivity index (χ2v) is 5.80. The number of hydrogen-bond donors (Lipinski definition) is 0. The minimum atomic E-state index is -0.123. The number of carbonyl (C=O) groups is 1. The van der Waals surface area contributed by atoms with Crippen LogP contribution in [0, 0.1) is 0 Å². The molecule has 2 aromatic carbocycles. The largest absolute Gasteiger partial charge is 0.493 e. The Labute approximate surface area is 153 Å². The molecule has 0 aliphatic rings. The van der Waals surface area contributed by atoms with Gasteiger partial charge >= 0.3 is 0 Å². The van der Waals surface area contributed by atoms with Crippen molar-refractivity contribution in [3.8, 4) is 17.2 Å². The third-order valence-electron chi connectivity index (χ3n) is 3.84. The molecule has 0 aromatic heterocycles. The van der Waals surface area contributed by atoms with Gasteiger partial charge in [-0.25, -0.2) is 0 Å². The van der Waals surface area contributed by atoms with Crippen LogP contribution in [-0.2, 0) is 6.54 Å². The van der Waals surface area contributed by atoms with E-state index in [1.807, 2.05) is 31.2 Å². The van der Waals surface area contributed by atoms with E-state index in [1.54, 1.807) is 17.0 Å². The minimum Gasteiger partial charge on any atom is -0.493 e. The summed E-state index contributed by atoms with van der Waals surface area (Å²) in [5.41, 5.74) is 1.44. The van der Waals surface area contributed by atoms with Crippen LogP contribution in [0.3, 0.4) is 0 Å². The quantitative estimate of drug-likeness (QED) is 0.745. The Morgan fingerprint density at radius 1 is 1.04 bits per heavy atom. The summed E-state index contributed by atoms with van der Waals surface area (Å²) in [5.74, 6) is 1.23. The average molecular weight is 364 g/mol. The molecule has 0 saturated heterocycles. The molecule has 0 saturated carbocycles. The molecule has 5 nitrogen and oxygen atoms in total. The van der Waals surface area contributed by atoms with Gasteiger partial charge in [0.25, 0.3) is 5.91 Å². The Hall–Kier alpha value is -2.40. The summed E-state index contributed by atoms with van der Waals surface area (Å²) in [4.78, 5) is 14.7. The molecule has 2 rings (SSSR count). The molecule has 0 heterocycles. The lowest BCUT2D eigenvalue weighted by molar-refractivity contribution is 0.0751. The zero-order valence-corrected chi connectivity index (χ0v) is 15.6. The third kappa shape index (κ3) is 4.37. The first-order valence-corrected chi connectivity index (χ1v) is 8.25. The zero-order valence-electron chi connectivity index (χ0n) is 14.8. The molecule has 0 unspecified atom stereocenters. The molecule has 25 heavy (non-hydrogen) atoms. The van der Waals surface area contributed by atoms with Crippen molar-refractivity contribution in [3.63, 3.8) is 0 Å². The summed E-state index contributed by atoms with van der Waals surface area (Å²) in [6.07, 6.45) is 0. The Kier molecular flexibility index (Phi) is 6.53. The summed E-state index contributed by atoms with van der Waals surface area (Å²) in [6, 6.07) is 10.8. The highest BCUT2D eigenvalue weighted by atomic mass is 35.5. The first-order valence-electron chi connectivity index (χ1n) is 7.87. The third-order valence-corrected chi connectivity index (χ3v) is 4.08. The predicted octanol–water partition coefficient (Wildman–Crippen LogP) is 4.03. The molecule has 0 bridgehead atoms. The van der Waals surface area contributed by atoms with Crippen LogP contribution in [-0.4, -0.2) is 38.7 Å². The molecular weight excluding hydrogens is 342 g/mol. The molecule has 2 aromatic rings. The molecule has 134 valence electrons. The standard InChI is InChI=1S/C19H22ClNO4/c1-5-21(12-13-7-6-8-15(20)9-13)19(22)14-10-16(23-2)18(25-4)17(11-14)24-3/h6-11H,5,12H2,1-4H3. The van der Waals surface area contributed by atoms with Crippen molar-refractivity contribution in [2.45, 2.75) is 13.5 Å². The van der Waals surface area contributed by atoms with Gasteiger partial charge in [-0.2, -0.15) is 0 Å². The second kappa shape index (κ2) is 8.62. The van der Waals surface area contributed by atoms with Crippen molar-refractivity contribution in [1.29, 1.82) is 0 Å². The molecule has 0 aliphatic heterocycles. The Morgan fingerprint density at radius 2 is 1.68 bits per heavy atom. The fraction of sp³-hybridized carbons (Fsp3) is 0.316. The van der Waals surface area contributed by atoms with Gasteiger partial charge in [-0.3, -0.25) is 4.79 Å². The van der Waals surface area contributed by atoms with Crippen molar-refractivity contribution < 1.29 is 19.0 Å². The number of hydrogen-bond acceptors (Lipinski definition) is 4. The van der Waals surface area contributed by atoms with Crippen LogP contribution in [0.1, 0.15) is 22.8 Å². The number of benzene rings is 2. The SMILES string of the molecule is CCN(Cc1cccc(Cl)c1)C(=O)c1cc(OC)c(OC)c(OC)c1. The number of halogens is 1. The van der Waals surface area contributed by atoms with E-state index in [9.17, 15) is 4.79 Å². The fourth-order valence-corrected chi connectivity index (χ4v) is 2.78. The van der Waals surface area contributed by atoms with Gasteiger partial charge in [0.15, 0.2) is 11.5 Å². The normalized spacial score (nSPS) is 10.3. The molecule has 0 N–H and O–H groups in total. The molecule has 6 heteroatoms. The molecule has 0 fully saturated rings. The van der Waals surface area contributed by atoms with Crippen molar-refractivity contribution in [2.75, 3.05) is 27.9 Å². The number of carbonyl (C=O) groups excluding carboxylic acids is 1. The van der Waals surface area contributed by atoms with E-state index in [2.05, 4.69) is 0 Å². The average Bonchev–Trinajstić information content (AvgIpc) is 2.64. The van der Waals surface area contributed by atoms with Crippen LogP contribution < -0.4 is 14.2 Å². The molecule has 0 aliphatic carbocycles. The van der Waals surface area contributed by atoms with E-state index in [0.29, 0.717) is 40.9 Å². The van der Waals surface area contributed by atoms with Gasteiger partial charge in [-0.05, 0) is 36.8 Å². The summed E-state index contributed by atoms with van der Waals surface area (Å²) in [6.45, 7) is 2.95. The Morgan fingerprint density at radius 3 is 2.16 bits per heavy atom. The maximum atomic E-state index is 12.9. The number of methoxy groups -OCH3 is 3. The van der Waals surface area contributed by atoms with Gasteiger partial charge in [0.1, 0.15) is 0 Å². The van der Waals surface area contributed by atoms with Gasteiger partial charge in [0.05, 0.1) is 21.3 Å². The number of ether oxygens (including phenoxy) is 3. The van der Waals surface area contributed by atoms with Gasteiger partial charge in [-0.1, -0.05) is 23.7 Å². The van der Waals surface area contributed by atoms with E-state index in [4.69, 9.17) is 25.8 Å². The summed E-state index contributed by atoms with van der Waals surface area (Å²) < 4.78 is 15.9. The second-order valence-electron chi connectivity index (χ2n) is 5.36. The summed E-state index contributed by atoms with van der Waals surface area (Å²) >= 11 is 6.03. The van der Waals surface area contributed by atoms with Gasteiger partial charge in [0.2, 0.25) is 5.75 Å². The molecule has 0 atom stereocenters. The maximum Gasteiger partial charge on any atom is 0.254 e. The predicted molar refractivity (Wildman–Crippen MR) is 98.0 cm³/mol. The highest BCUT2D eigenvalue weighted by Crippen LogP contribution is 2.38. The first kappa shape index (κ1) is 18.9.